The van der Waals surface area contributed by atoms with Crippen LogP contribution in [0.3, 0.4) is 0 Å². The van der Waals surface area contributed by atoms with E-state index >= 15 is 0 Å². The highest BCUT2D eigenvalue weighted by atomic mass is 16.6. The SMILES string of the molecule is CC(C)(C)OC(=O)N1CCCC2NNCC21. The number of fused-ring (bicyclic) bond motifs is 1. The molecule has 2 atom stereocenters. The molecule has 2 aliphatic heterocycles. The van der Waals surface area contributed by atoms with Gasteiger partial charge in [-0.15, -0.1) is 0 Å². The summed E-state index contributed by atoms with van der Waals surface area (Å²) in [6, 6.07) is 0.616. The lowest BCUT2D eigenvalue weighted by atomic mass is 9.99. The molecule has 0 aromatic heterocycles. The Morgan fingerprint density at radius 1 is 1.44 bits per heavy atom. The number of nitrogens with zero attached hydrogens (tertiary/aromatic N) is 1. The van der Waals surface area contributed by atoms with E-state index in [2.05, 4.69) is 10.9 Å². The Morgan fingerprint density at radius 2 is 2.19 bits per heavy atom. The zero-order valence-corrected chi connectivity index (χ0v) is 10.2. The fraction of sp³-hybridized carbons (Fsp3) is 0.909. The van der Waals surface area contributed by atoms with Gasteiger partial charge in [-0.3, -0.25) is 10.9 Å². The third-order valence-corrected chi connectivity index (χ3v) is 3.01. The van der Waals surface area contributed by atoms with Gasteiger partial charge >= 0.3 is 6.09 Å². The second-order valence-corrected chi connectivity index (χ2v) is 5.52. The number of amides is 1. The first-order valence-electron chi connectivity index (χ1n) is 5.95. The number of nitrogens with one attached hydrogen (secondary N) is 2. The second kappa shape index (κ2) is 4.22. The van der Waals surface area contributed by atoms with E-state index in [1.807, 2.05) is 25.7 Å². The van der Waals surface area contributed by atoms with Crippen LogP contribution in [0.5, 0.6) is 0 Å². The molecule has 0 spiro atoms. The molecule has 2 fully saturated rings. The highest BCUT2D eigenvalue weighted by Gasteiger charge is 2.39. The number of hydrogen-bond acceptors (Lipinski definition) is 4. The molecule has 5 heteroatoms. The van der Waals surface area contributed by atoms with E-state index in [0.29, 0.717) is 6.04 Å². The molecule has 0 aromatic carbocycles. The van der Waals surface area contributed by atoms with Crippen molar-refractivity contribution in [1.82, 2.24) is 15.8 Å². The lowest BCUT2D eigenvalue weighted by molar-refractivity contribution is 0.0102. The number of likely N-dealkylation sites (tertiary alicyclic amines) is 1. The van der Waals surface area contributed by atoms with Crippen molar-refractivity contribution >= 4 is 6.09 Å². The lowest BCUT2D eigenvalue weighted by Crippen LogP contribution is -2.53. The molecule has 1 amide bonds. The maximum absolute atomic E-state index is 12.0. The van der Waals surface area contributed by atoms with Gasteiger partial charge in [0.15, 0.2) is 0 Å². The summed E-state index contributed by atoms with van der Waals surface area (Å²) in [6.07, 6.45) is 1.97. The van der Waals surface area contributed by atoms with Gasteiger partial charge in [-0.1, -0.05) is 0 Å². The van der Waals surface area contributed by atoms with E-state index in [1.165, 1.54) is 0 Å². The van der Waals surface area contributed by atoms with E-state index in [4.69, 9.17) is 4.74 Å². The molecule has 2 unspecified atom stereocenters. The van der Waals surface area contributed by atoms with E-state index < -0.39 is 5.60 Å². The average molecular weight is 227 g/mol. The average Bonchev–Trinajstić information content (AvgIpc) is 2.61. The quantitative estimate of drug-likeness (QED) is 0.644. The molecule has 2 saturated heterocycles. The number of rotatable bonds is 0. The summed E-state index contributed by atoms with van der Waals surface area (Å²) in [5.74, 6) is 0. The Hall–Kier alpha value is -0.810. The normalized spacial score (nSPS) is 30.1. The van der Waals surface area contributed by atoms with Crippen molar-refractivity contribution in [3.63, 3.8) is 0 Å². The van der Waals surface area contributed by atoms with Crippen molar-refractivity contribution < 1.29 is 9.53 Å². The van der Waals surface area contributed by atoms with Crippen LogP contribution < -0.4 is 10.9 Å². The Kier molecular flexibility index (Phi) is 3.08. The molecule has 2 heterocycles. The minimum absolute atomic E-state index is 0.187. The highest BCUT2D eigenvalue weighted by Crippen LogP contribution is 2.22. The number of carbonyl (C=O) groups excluding carboxylic acids is 1. The van der Waals surface area contributed by atoms with E-state index in [0.717, 1.165) is 25.9 Å². The molecule has 0 bridgehead atoms. The largest absolute Gasteiger partial charge is 0.444 e. The van der Waals surface area contributed by atoms with Gasteiger partial charge in [-0.05, 0) is 33.6 Å². The van der Waals surface area contributed by atoms with Gasteiger partial charge in [0, 0.05) is 19.1 Å². The minimum atomic E-state index is -0.413. The number of hydrogen-bond donors (Lipinski definition) is 2. The predicted octanol–water partition coefficient (Wildman–Crippen LogP) is 0.862. The zero-order chi connectivity index (χ0) is 11.8. The van der Waals surface area contributed by atoms with Gasteiger partial charge < -0.3 is 9.64 Å². The van der Waals surface area contributed by atoms with Gasteiger partial charge in [0.1, 0.15) is 5.60 Å². The van der Waals surface area contributed by atoms with Crippen LogP contribution in [0.4, 0.5) is 4.79 Å². The predicted molar refractivity (Wildman–Crippen MR) is 60.9 cm³/mol. The molecule has 0 radical (unpaired) electrons. The first kappa shape index (κ1) is 11.7. The van der Waals surface area contributed by atoms with E-state index in [-0.39, 0.29) is 12.1 Å². The van der Waals surface area contributed by atoms with Gasteiger partial charge in [0.25, 0.3) is 0 Å². The first-order valence-corrected chi connectivity index (χ1v) is 5.95. The first-order chi connectivity index (χ1) is 7.47. The van der Waals surface area contributed by atoms with Gasteiger partial charge in [0.05, 0.1) is 6.04 Å². The molecule has 0 aliphatic carbocycles. The smallest absolute Gasteiger partial charge is 0.410 e. The van der Waals surface area contributed by atoms with Crippen molar-refractivity contribution in [1.29, 1.82) is 0 Å². The van der Waals surface area contributed by atoms with Gasteiger partial charge in [0.2, 0.25) is 0 Å². The molecule has 2 N–H and O–H groups in total. The maximum atomic E-state index is 12.0. The number of hydrazine groups is 1. The summed E-state index contributed by atoms with van der Waals surface area (Å²) in [7, 11) is 0. The Morgan fingerprint density at radius 3 is 2.88 bits per heavy atom. The summed E-state index contributed by atoms with van der Waals surface area (Å²) >= 11 is 0. The fourth-order valence-electron chi connectivity index (χ4n) is 2.32. The zero-order valence-electron chi connectivity index (χ0n) is 10.2. The van der Waals surface area contributed by atoms with Crippen LogP contribution in [0, 0.1) is 0 Å². The van der Waals surface area contributed by atoms with Crippen LogP contribution in [0.25, 0.3) is 0 Å². The Bertz CT molecular complexity index is 275. The van der Waals surface area contributed by atoms with Crippen molar-refractivity contribution in [3.8, 4) is 0 Å². The number of ether oxygens (including phenoxy) is 1. The maximum Gasteiger partial charge on any atom is 0.410 e. The van der Waals surface area contributed by atoms with Crippen LogP contribution >= 0.6 is 0 Å². The summed E-state index contributed by atoms with van der Waals surface area (Å²) in [4.78, 5) is 13.9. The molecule has 2 aliphatic rings. The monoisotopic (exact) mass is 227 g/mol. The molecule has 0 saturated carbocycles. The molecule has 0 aromatic rings. The fourth-order valence-corrected chi connectivity index (χ4v) is 2.32. The summed E-state index contributed by atoms with van der Waals surface area (Å²) in [6.45, 7) is 7.32. The molecule has 16 heavy (non-hydrogen) atoms. The second-order valence-electron chi connectivity index (χ2n) is 5.52. The molecule has 2 rings (SSSR count). The number of carbonyl (C=O) groups is 1. The standard InChI is InChI=1S/C11H21N3O2/c1-11(2,3)16-10(15)14-6-4-5-8-9(14)7-12-13-8/h8-9,12-13H,4-7H2,1-3H3. The van der Waals surface area contributed by atoms with Crippen molar-refractivity contribution in [2.24, 2.45) is 0 Å². The van der Waals surface area contributed by atoms with Crippen molar-refractivity contribution in [3.05, 3.63) is 0 Å². The van der Waals surface area contributed by atoms with Gasteiger partial charge in [-0.25, -0.2) is 4.79 Å². The summed E-state index contributed by atoms with van der Waals surface area (Å²) in [5, 5.41) is 0. The summed E-state index contributed by atoms with van der Waals surface area (Å²) in [5.41, 5.74) is 5.91. The number of piperidine rings is 1. The molecular weight excluding hydrogens is 206 g/mol. The Labute approximate surface area is 96.5 Å². The lowest BCUT2D eigenvalue weighted by Gasteiger charge is -2.37. The van der Waals surface area contributed by atoms with Crippen LogP contribution in [-0.2, 0) is 4.74 Å². The summed E-state index contributed by atoms with van der Waals surface area (Å²) < 4.78 is 5.42. The van der Waals surface area contributed by atoms with E-state index in [1.54, 1.807) is 0 Å². The van der Waals surface area contributed by atoms with Crippen LogP contribution in [0.1, 0.15) is 33.6 Å². The third-order valence-electron chi connectivity index (χ3n) is 3.01. The molecule has 5 nitrogen and oxygen atoms in total. The van der Waals surface area contributed by atoms with E-state index in [9.17, 15) is 4.79 Å². The van der Waals surface area contributed by atoms with Crippen LogP contribution in [0.2, 0.25) is 0 Å². The highest BCUT2D eigenvalue weighted by molar-refractivity contribution is 5.69. The van der Waals surface area contributed by atoms with Crippen LogP contribution in [-0.4, -0.2) is 41.8 Å². The Balaban J connectivity index is 2.00. The van der Waals surface area contributed by atoms with Crippen molar-refractivity contribution in [2.45, 2.75) is 51.3 Å². The third kappa shape index (κ3) is 2.47. The van der Waals surface area contributed by atoms with Gasteiger partial charge in [-0.2, -0.15) is 0 Å². The topological polar surface area (TPSA) is 53.6 Å². The van der Waals surface area contributed by atoms with Crippen LogP contribution in [0.15, 0.2) is 0 Å². The molecule has 92 valence electrons. The molecular formula is C11H21N3O2. The minimum Gasteiger partial charge on any atom is -0.444 e. The van der Waals surface area contributed by atoms with Crippen molar-refractivity contribution in [2.75, 3.05) is 13.1 Å².